The lowest BCUT2D eigenvalue weighted by Crippen LogP contribution is -2.52. The van der Waals surface area contributed by atoms with E-state index in [9.17, 15) is 14.0 Å². The van der Waals surface area contributed by atoms with Gasteiger partial charge in [0, 0.05) is 37.2 Å². The van der Waals surface area contributed by atoms with Gasteiger partial charge in [-0.15, -0.1) is 0 Å². The van der Waals surface area contributed by atoms with Crippen LogP contribution in [0.2, 0.25) is 0 Å². The Balaban J connectivity index is 1.33. The third-order valence-electron chi connectivity index (χ3n) is 5.43. The highest BCUT2D eigenvalue weighted by atomic mass is 19.1. The van der Waals surface area contributed by atoms with Crippen molar-refractivity contribution in [3.63, 3.8) is 0 Å². The molecule has 2 aliphatic rings. The number of likely N-dealkylation sites (tertiary alicyclic amines) is 1. The summed E-state index contributed by atoms with van der Waals surface area (Å²) in [7, 11) is 1.59. The molecule has 0 aromatic heterocycles. The highest BCUT2D eigenvalue weighted by Gasteiger charge is 2.42. The van der Waals surface area contributed by atoms with Gasteiger partial charge in [0.25, 0.3) is 5.91 Å². The van der Waals surface area contributed by atoms with Crippen molar-refractivity contribution in [3.8, 4) is 5.75 Å². The molecule has 2 aliphatic heterocycles. The molecule has 1 spiro atoms. The van der Waals surface area contributed by atoms with Crippen LogP contribution in [0.1, 0.15) is 18.4 Å². The van der Waals surface area contributed by atoms with Gasteiger partial charge >= 0.3 is 0 Å². The maximum atomic E-state index is 13.2. The number of piperidine rings is 1. The summed E-state index contributed by atoms with van der Waals surface area (Å²) >= 11 is 0. The molecule has 2 amide bonds. The van der Waals surface area contributed by atoms with Crippen molar-refractivity contribution >= 4 is 23.2 Å². The number of halogens is 1. The van der Waals surface area contributed by atoms with E-state index in [1.807, 2.05) is 4.90 Å². The summed E-state index contributed by atoms with van der Waals surface area (Å²) in [6.45, 7) is 1.54. The van der Waals surface area contributed by atoms with E-state index in [0.717, 1.165) is 5.75 Å². The number of ether oxygens (including phenoxy) is 1. The molecule has 2 heterocycles. The Hall–Kier alpha value is -3.26. The quantitative estimate of drug-likeness (QED) is 0.792. The van der Waals surface area contributed by atoms with E-state index in [1.165, 1.54) is 12.1 Å². The van der Waals surface area contributed by atoms with E-state index < -0.39 is 5.66 Å². The van der Waals surface area contributed by atoms with Crippen LogP contribution >= 0.6 is 0 Å². The highest BCUT2D eigenvalue weighted by molar-refractivity contribution is 6.46. The van der Waals surface area contributed by atoms with Crippen LogP contribution in [-0.4, -0.2) is 54.8 Å². The second-order valence-corrected chi connectivity index (χ2v) is 7.51. The lowest BCUT2D eigenvalue weighted by molar-refractivity contribution is -0.119. The zero-order chi connectivity index (χ0) is 21.1. The molecular weight excluding hydrogens is 387 g/mol. The van der Waals surface area contributed by atoms with E-state index in [1.54, 1.807) is 43.5 Å². The largest absolute Gasteiger partial charge is 0.497 e. The minimum absolute atomic E-state index is 0.0953. The van der Waals surface area contributed by atoms with Crippen LogP contribution < -0.4 is 15.4 Å². The number of benzene rings is 2. The van der Waals surface area contributed by atoms with Gasteiger partial charge in [-0.1, -0.05) is 0 Å². The molecule has 0 unspecified atom stereocenters. The third kappa shape index (κ3) is 4.33. The Bertz CT molecular complexity index is 965. The molecule has 156 valence electrons. The fourth-order valence-corrected chi connectivity index (χ4v) is 3.76. The summed E-state index contributed by atoms with van der Waals surface area (Å²) < 4.78 is 18.3. The maximum absolute atomic E-state index is 13.2. The number of hydrogen-bond acceptors (Lipinski definition) is 5. The molecule has 0 saturated carbocycles. The van der Waals surface area contributed by atoms with Gasteiger partial charge in [0.15, 0.2) is 0 Å². The number of carbonyl (C=O) groups excluding carboxylic acids is 2. The summed E-state index contributed by atoms with van der Waals surface area (Å²) in [5, 5.41) is 5.86. The number of aliphatic imine (C=N–C) groups is 1. The molecule has 1 fully saturated rings. The number of anilines is 1. The van der Waals surface area contributed by atoms with Crippen molar-refractivity contribution in [2.45, 2.75) is 18.5 Å². The Morgan fingerprint density at radius 2 is 1.83 bits per heavy atom. The van der Waals surface area contributed by atoms with Crippen molar-refractivity contribution in [2.24, 2.45) is 4.99 Å². The zero-order valence-corrected chi connectivity index (χ0v) is 16.7. The van der Waals surface area contributed by atoms with Crippen molar-refractivity contribution < 1.29 is 18.7 Å². The normalized spacial score (nSPS) is 18.1. The molecule has 2 aromatic rings. The van der Waals surface area contributed by atoms with Crippen LogP contribution in [-0.2, 0) is 9.59 Å². The predicted molar refractivity (Wildman–Crippen MR) is 111 cm³/mol. The number of hydrogen-bond donors (Lipinski definition) is 2. The number of nitrogens with one attached hydrogen (secondary N) is 2. The Morgan fingerprint density at radius 1 is 1.17 bits per heavy atom. The first kappa shape index (κ1) is 20.0. The molecule has 30 heavy (non-hydrogen) atoms. The van der Waals surface area contributed by atoms with Crippen LogP contribution in [0.3, 0.4) is 0 Å². The van der Waals surface area contributed by atoms with Crippen LogP contribution in [0.5, 0.6) is 5.75 Å². The fourth-order valence-electron chi connectivity index (χ4n) is 3.76. The summed E-state index contributed by atoms with van der Waals surface area (Å²) in [5.74, 6) is 0.0385. The second kappa shape index (κ2) is 8.23. The molecule has 2 aromatic carbocycles. The molecule has 4 rings (SSSR count). The van der Waals surface area contributed by atoms with Gasteiger partial charge in [0.2, 0.25) is 5.91 Å². The number of methoxy groups -OCH3 is 1. The maximum Gasteiger partial charge on any atom is 0.272 e. The molecule has 2 N–H and O–H groups in total. The van der Waals surface area contributed by atoms with E-state index in [0.29, 0.717) is 42.9 Å². The van der Waals surface area contributed by atoms with Gasteiger partial charge in [-0.05, 0) is 48.5 Å². The summed E-state index contributed by atoms with van der Waals surface area (Å²) in [6, 6.07) is 12.9. The lowest BCUT2D eigenvalue weighted by Gasteiger charge is -2.36. The number of amides is 2. The smallest absolute Gasteiger partial charge is 0.272 e. The minimum atomic E-state index is -0.649. The Labute approximate surface area is 173 Å². The van der Waals surface area contributed by atoms with Crippen LogP contribution in [0.25, 0.3) is 0 Å². The Morgan fingerprint density at radius 3 is 2.47 bits per heavy atom. The monoisotopic (exact) mass is 410 g/mol. The van der Waals surface area contributed by atoms with E-state index >= 15 is 0 Å². The number of nitrogens with zero attached hydrogens (tertiary/aromatic N) is 2. The molecule has 0 aliphatic carbocycles. The number of rotatable bonds is 5. The lowest BCUT2D eigenvalue weighted by atomic mass is 9.98. The first-order valence-corrected chi connectivity index (χ1v) is 9.81. The van der Waals surface area contributed by atoms with Gasteiger partial charge < -0.3 is 15.4 Å². The summed E-state index contributed by atoms with van der Waals surface area (Å²) in [6.07, 6.45) is 1.22. The summed E-state index contributed by atoms with van der Waals surface area (Å²) in [4.78, 5) is 31.5. The van der Waals surface area contributed by atoms with Gasteiger partial charge in [-0.25, -0.2) is 4.39 Å². The SMILES string of the molecule is COc1ccc(NC(=O)CN2CCC3(CC2)N=C(c2ccc(F)cc2)C(=O)N3)cc1. The van der Waals surface area contributed by atoms with Crippen molar-refractivity contribution in [3.05, 3.63) is 59.9 Å². The molecule has 1 saturated heterocycles. The predicted octanol–water partition coefficient (Wildman–Crippen LogP) is 2.18. The van der Waals surface area contributed by atoms with Gasteiger partial charge in [-0.3, -0.25) is 19.5 Å². The molecule has 0 radical (unpaired) electrons. The average Bonchev–Trinajstić information content (AvgIpc) is 3.07. The molecular formula is C22H23FN4O3. The van der Waals surface area contributed by atoms with Crippen molar-refractivity contribution in [2.75, 3.05) is 32.1 Å². The van der Waals surface area contributed by atoms with E-state index in [2.05, 4.69) is 15.6 Å². The second-order valence-electron chi connectivity index (χ2n) is 7.51. The van der Waals surface area contributed by atoms with Crippen LogP contribution in [0.15, 0.2) is 53.5 Å². The standard InChI is InChI=1S/C22H23FN4O3/c1-30-18-8-6-17(7-9-18)24-19(28)14-27-12-10-22(11-13-27)25-20(21(29)26-22)15-2-4-16(23)5-3-15/h2-9H,10-14H2,1H3,(H,24,28)(H,26,29). The minimum Gasteiger partial charge on any atom is -0.497 e. The third-order valence-corrected chi connectivity index (χ3v) is 5.43. The molecule has 0 atom stereocenters. The Kier molecular flexibility index (Phi) is 5.50. The van der Waals surface area contributed by atoms with Gasteiger partial charge in [0.1, 0.15) is 22.9 Å². The molecule has 0 bridgehead atoms. The zero-order valence-electron chi connectivity index (χ0n) is 16.7. The van der Waals surface area contributed by atoms with E-state index in [-0.39, 0.29) is 24.2 Å². The highest BCUT2D eigenvalue weighted by Crippen LogP contribution is 2.29. The van der Waals surface area contributed by atoms with E-state index in [4.69, 9.17) is 4.74 Å². The molecule has 7 nitrogen and oxygen atoms in total. The number of carbonyl (C=O) groups is 2. The summed E-state index contributed by atoms with van der Waals surface area (Å²) in [5.41, 5.74) is 1.00. The van der Waals surface area contributed by atoms with Gasteiger partial charge in [0.05, 0.1) is 13.7 Å². The van der Waals surface area contributed by atoms with Crippen molar-refractivity contribution in [1.29, 1.82) is 0 Å². The fraction of sp³-hybridized carbons (Fsp3) is 0.318. The topological polar surface area (TPSA) is 83.0 Å². The first-order chi connectivity index (χ1) is 14.5. The molecule has 8 heteroatoms. The van der Waals surface area contributed by atoms with Crippen LogP contribution in [0.4, 0.5) is 10.1 Å². The van der Waals surface area contributed by atoms with Crippen LogP contribution in [0, 0.1) is 5.82 Å². The van der Waals surface area contributed by atoms with Gasteiger partial charge in [-0.2, -0.15) is 0 Å². The average molecular weight is 410 g/mol. The van der Waals surface area contributed by atoms with Crippen molar-refractivity contribution in [1.82, 2.24) is 10.2 Å². The first-order valence-electron chi connectivity index (χ1n) is 9.81.